The molecular weight excluding hydrogens is 465 g/mol. The van der Waals surface area contributed by atoms with Crippen molar-refractivity contribution in [2.45, 2.75) is 50.9 Å². The van der Waals surface area contributed by atoms with Gasteiger partial charge in [0.25, 0.3) is 5.91 Å². The number of amides is 1. The van der Waals surface area contributed by atoms with Gasteiger partial charge in [0.05, 0.1) is 6.17 Å². The Kier molecular flexibility index (Phi) is 7.97. The van der Waals surface area contributed by atoms with E-state index in [1.165, 1.54) is 25.0 Å². The Balaban J connectivity index is 1.12. The SMILES string of the molecule is O=C(NC(C1CC1)N1CCCN(C2CCN(Cc3ccc(F)cc3Cl)CC2)CC1)c1ccccn1. The maximum absolute atomic E-state index is 13.4. The van der Waals surface area contributed by atoms with Crippen LogP contribution in [0.25, 0.3) is 0 Å². The van der Waals surface area contributed by atoms with Crippen molar-refractivity contribution in [3.05, 3.63) is 64.7 Å². The number of nitrogens with zero attached hydrogens (tertiary/aromatic N) is 4. The number of halogens is 2. The summed E-state index contributed by atoms with van der Waals surface area (Å²) in [5.74, 6) is 0.195. The Morgan fingerprint density at radius 2 is 1.89 bits per heavy atom. The summed E-state index contributed by atoms with van der Waals surface area (Å²) in [6, 6.07) is 10.8. The molecule has 1 saturated carbocycles. The zero-order valence-electron chi connectivity index (χ0n) is 20.2. The predicted molar refractivity (Wildman–Crippen MR) is 136 cm³/mol. The fourth-order valence-corrected chi connectivity index (χ4v) is 5.79. The van der Waals surface area contributed by atoms with Gasteiger partial charge < -0.3 is 5.32 Å². The second-order valence-electron chi connectivity index (χ2n) is 10.1. The van der Waals surface area contributed by atoms with Gasteiger partial charge in [-0.3, -0.25) is 24.5 Å². The van der Waals surface area contributed by atoms with Crippen molar-refractivity contribution in [1.82, 2.24) is 25.0 Å². The first-order valence-electron chi connectivity index (χ1n) is 12.9. The molecule has 188 valence electrons. The molecule has 3 heterocycles. The third-order valence-electron chi connectivity index (χ3n) is 7.69. The van der Waals surface area contributed by atoms with Crippen LogP contribution < -0.4 is 5.32 Å². The first kappa shape index (κ1) is 24.6. The van der Waals surface area contributed by atoms with Gasteiger partial charge in [0.2, 0.25) is 0 Å². The molecule has 1 atom stereocenters. The summed E-state index contributed by atoms with van der Waals surface area (Å²) in [6.45, 7) is 6.98. The Labute approximate surface area is 212 Å². The van der Waals surface area contributed by atoms with E-state index in [0.717, 1.165) is 70.6 Å². The highest BCUT2D eigenvalue weighted by Gasteiger charge is 2.38. The lowest BCUT2D eigenvalue weighted by Crippen LogP contribution is -2.51. The number of nitrogens with one attached hydrogen (secondary N) is 1. The monoisotopic (exact) mass is 499 g/mol. The molecule has 8 heteroatoms. The van der Waals surface area contributed by atoms with E-state index in [0.29, 0.717) is 22.7 Å². The largest absolute Gasteiger partial charge is 0.335 e. The van der Waals surface area contributed by atoms with Gasteiger partial charge in [-0.25, -0.2) is 4.39 Å². The lowest BCUT2D eigenvalue weighted by molar-refractivity contribution is 0.0795. The number of carbonyl (C=O) groups is 1. The number of hydrogen-bond acceptors (Lipinski definition) is 5. The number of aromatic nitrogens is 1. The summed E-state index contributed by atoms with van der Waals surface area (Å²) >= 11 is 6.24. The van der Waals surface area contributed by atoms with E-state index < -0.39 is 0 Å². The molecular formula is C27H35ClFN5O. The van der Waals surface area contributed by atoms with Crippen LogP contribution in [0.1, 0.15) is 48.2 Å². The number of pyridine rings is 1. The topological polar surface area (TPSA) is 51.7 Å². The van der Waals surface area contributed by atoms with Crippen molar-refractivity contribution in [2.75, 3.05) is 39.3 Å². The lowest BCUT2D eigenvalue weighted by Gasteiger charge is -2.38. The van der Waals surface area contributed by atoms with E-state index in [9.17, 15) is 9.18 Å². The second-order valence-corrected chi connectivity index (χ2v) is 10.5. The van der Waals surface area contributed by atoms with Crippen LogP contribution in [-0.2, 0) is 6.54 Å². The van der Waals surface area contributed by atoms with Crippen molar-refractivity contribution in [3.63, 3.8) is 0 Å². The predicted octanol–water partition coefficient (Wildman–Crippen LogP) is 4.01. The normalized spacial score (nSPS) is 22.0. The van der Waals surface area contributed by atoms with Gasteiger partial charge in [0.1, 0.15) is 11.5 Å². The number of likely N-dealkylation sites (tertiary alicyclic amines) is 1. The summed E-state index contributed by atoms with van der Waals surface area (Å²) in [5.41, 5.74) is 1.49. The zero-order valence-corrected chi connectivity index (χ0v) is 21.0. The molecule has 1 aliphatic carbocycles. The molecule has 6 nitrogen and oxygen atoms in total. The molecule has 5 rings (SSSR count). The molecule has 0 bridgehead atoms. The van der Waals surface area contributed by atoms with Crippen molar-refractivity contribution in [3.8, 4) is 0 Å². The minimum absolute atomic E-state index is 0.0720. The highest BCUT2D eigenvalue weighted by Crippen LogP contribution is 2.35. The summed E-state index contributed by atoms with van der Waals surface area (Å²) in [4.78, 5) is 24.6. The van der Waals surface area contributed by atoms with E-state index >= 15 is 0 Å². The number of hydrogen-bond donors (Lipinski definition) is 1. The molecule has 1 amide bonds. The van der Waals surface area contributed by atoms with Crippen molar-refractivity contribution >= 4 is 17.5 Å². The maximum atomic E-state index is 13.4. The van der Waals surface area contributed by atoms with Gasteiger partial charge in [0.15, 0.2) is 0 Å². The van der Waals surface area contributed by atoms with Crippen LogP contribution in [0.2, 0.25) is 5.02 Å². The Morgan fingerprint density at radius 1 is 1.06 bits per heavy atom. The van der Waals surface area contributed by atoms with Crippen LogP contribution in [-0.4, -0.2) is 77.1 Å². The molecule has 35 heavy (non-hydrogen) atoms. The summed E-state index contributed by atoms with van der Waals surface area (Å²) in [5, 5.41) is 3.80. The molecule has 1 N–H and O–H groups in total. The quantitative estimate of drug-likeness (QED) is 0.623. The number of benzene rings is 1. The molecule has 3 aliphatic rings. The third-order valence-corrected chi connectivity index (χ3v) is 8.04. The summed E-state index contributed by atoms with van der Waals surface area (Å²) < 4.78 is 13.4. The highest BCUT2D eigenvalue weighted by molar-refractivity contribution is 6.31. The standard InChI is InChI=1S/C27H35ClFN5O/c28-24-18-22(29)8-7-21(24)19-32-14-9-23(10-15-32)33-12-3-13-34(17-16-33)26(20-5-6-20)31-27(35)25-4-1-2-11-30-25/h1-2,4,7-8,11,18,20,23,26H,3,5-6,9-10,12-17,19H2,(H,31,35). The third kappa shape index (κ3) is 6.39. The van der Waals surface area contributed by atoms with Gasteiger partial charge in [-0.15, -0.1) is 0 Å². The Hall–Kier alpha value is -2.06. The smallest absolute Gasteiger partial charge is 0.271 e. The molecule has 0 radical (unpaired) electrons. The van der Waals surface area contributed by atoms with E-state index in [4.69, 9.17) is 11.6 Å². The number of carbonyl (C=O) groups excluding carboxylic acids is 1. The molecule has 0 spiro atoms. The van der Waals surface area contributed by atoms with Crippen molar-refractivity contribution in [2.24, 2.45) is 5.92 Å². The maximum Gasteiger partial charge on any atom is 0.271 e. The molecule has 1 aromatic carbocycles. The summed E-state index contributed by atoms with van der Waals surface area (Å²) in [7, 11) is 0. The molecule has 2 saturated heterocycles. The van der Waals surface area contributed by atoms with Crippen molar-refractivity contribution in [1.29, 1.82) is 0 Å². The molecule has 3 fully saturated rings. The summed E-state index contributed by atoms with van der Waals surface area (Å²) in [6.07, 6.45) is 7.54. The van der Waals surface area contributed by atoms with Crippen LogP contribution in [0.5, 0.6) is 0 Å². The average Bonchev–Trinajstić information content (AvgIpc) is 3.73. The fourth-order valence-electron chi connectivity index (χ4n) is 5.56. The van der Waals surface area contributed by atoms with Gasteiger partial charge in [0, 0.05) is 43.4 Å². The average molecular weight is 500 g/mol. The molecule has 2 aromatic rings. The van der Waals surface area contributed by atoms with Gasteiger partial charge in [-0.1, -0.05) is 23.7 Å². The van der Waals surface area contributed by atoms with Crippen LogP contribution in [0.4, 0.5) is 4.39 Å². The second kappa shape index (κ2) is 11.3. The van der Waals surface area contributed by atoms with Gasteiger partial charge in [-0.05, 0) is 87.5 Å². The van der Waals surface area contributed by atoms with E-state index in [2.05, 4.69) is 25.0 Å². The van der Waals surface area contributed by atoms with E-state index in [1.54, 1.807) is 18.3 Å². The molecule has 1 unspecified atom stereocenters. The first-order valence-corrected chi connectivity index (χ1v) is 13.3. The fraction of sp³-hybridized carbons (Fsp3) is 0.556. The number of piperidine rings is 1. The number of rotatable bonds is 7. The molecule has 1 aromatic heterocycles. The Morgan fingerprint density at radius 3 is 2.60 bits per heavy atom. The van der Waals surface area contributed by atoms with E-state index in [-0.39, 0.29) is 17.9 Å². The van der Waals surface area contributed by atoms with Gasteiger partial charge in [-0.2, -0.15) is 0 Å². The first-order chi connectivity index (χ1) is 17.1. The van der Waals surface area contributed by atoms with Crippen LogP contribution >= 0.6 is 11.6 Å². The van der Waals surface area contributed by atoms with Crippen LogP contribution in [0.3, 0.4) is 0 Å². The zero-order chi connectivity index (χ0) is 24.2. The lowest BCUT2D eigenvalue weighted by atomic mass is 10.0. The van der Waals surface area contributed by atoms with Crippen molar-refractivity contribution < 1.29 is 9.18 Å². The Bertz CT molecular complexity index is 996. The minimum atomic E-state index is -0.284. The highest BCUT2D eigenvalue weighted by atomic mass is 35.5. The van der Waals surface area contributed by atoms with Crippen LogP contribution in [0, 0.1) is 11.7 Å². The minimum Gasteiger partial charge on any atom is -0.335 e. The van der Waals surface area contributed by atoms with Gasteiger partial charge >= 0.3 is 0 Å². The van der Waals surface area contributed by atoms with Crippen LogP contribution in [0.15, 0.2) is 42.6 Å². The molecule has 2 aliphatic heterocycles. The van der Waals surface area contributed by atoms with E-state index in [1.807, 2.05) is 12.1 Å².